The summed E-state index contributed by atoms with van der Waals surface area (Å²) in [7, 11) is 3.12. The first kappa shape index (κ1) is 34.5. The largest absolute Gasteiger partial charge is 0.480 e. The maximum absolute atomic E-state index is 11.5. The van der Waals surface area contributed by atoms with E-state index in [0.29, 0.717) is 88.2 Å². The number of aromatic nitrogens is 4. The average molecular weight is 706 g/mol. The fourth-order valence-electron chi connectivity index (χ4n) is 6.07. The Morgan fingerprint density at radius 2 is 1.22 bits per heavy atom. The zero-order valence-electron chi connectivity index (χ0n) is 27.3. The van der Waals surface area contributed by atoms with Gasteiger partial charge in [0.05, 0.1) is 48.0 Å². The first-order valence-electron chi connectivity index (χ1n) is 16.2. The Labute approximate surface area is 294 Å². The number of nitrogens with one attached hydrogen (secondary N) is 4. The molecule has 256 valence electrons. The lowest BCUT2D eigenvalue weighted by molar-refractivity contribution is -0.120. The van der Waals surface area contributed by atoms with Gasteiger partial charge < -0.3 is 30.7 Å². The van der Waals surface area contributed by atoms with Gasteiger partial charge in [0.2, 0.25) is 23.6 Å². The highest BCUT2D eigenvalue weighted by Gasteiger charge is 2.22. The van der Waals surface area contributed by atoms with E-state index in [9.17, 15) is 9.59 Å². The standard InChI is InChI=1S/C35H38Cl2N8O4/c1-48-34-28(16-38-14-13-20-9-11-30(46)42-20)40-18-26(44-34)24-7-3-5-22(32(24)36)23-6-4-8-25(33(23)37)27-19-41-29(35(45-27)49-2)17-39-15-21-10-12-31(47)43-21/h3-8,18-21,38-39H,9-17H2,1-2H3,(H,42,46)(H,43,47). The minimum Gasteiger partial charge on any atom is -0.480 e. The van der Waals surface area contributed by atoms with Crippen molar-refractivity contribution in [1.29, 1.82) is 0 Å². The van der Waals surface area contributed by atoms with Crippen molar-refractivity contribution in [1.82, 2.24) is 41.2 Å². The van der Waals surface area contributed by atoms with Crippen LogP contribution in [0.1, 0.15) is 43.5 Å². The van der Waals surface area contributed by atoms with Gasteiger partial charge in [-0.2, -0.15) is 0 Å². The summed E-state index contributed by atoms with van der Waals surface area (Å²) in [5.74, 6) is 0.980. The van der Waals surface area contributed by atoms with Crippen molar-refractivity contribution in [2.45, 2.75) is 57.3 Å². The summed E-state index contributed by atoms with van der Waals surface area (Å²) in [5, 5.41) is 13.6. The van der Waals surface area contributed by atoms with Crippen molar-refractivity contribution in [2.75, 3.05) is 27.3 Å². The maximum atomic E-state index is 11.5. The van der Waals surface area contributed by atoms with E-state index in [0.717, 1.165) is 36.9 Å². The molecule has 4 N–H and O–H groups in total. The number of methoxy groups -OCH3 is 2. The van der Waals surface area contributed by atoms with Crippen LogP contribution in [0.25, 0.3) is 33.6 Å². The lowest BCUT2D eigenvalue weighted by atomic mass is 9.98. The number of ether oxygens (including phenoxy) is 2. The molecule has 2 aliphatic rings. The zero-order valence-corrected chi connectivity index (χ0v) is 28.8. The van der Waals surface area contributed by atoms with Crippen LogP contribution >= 0.6 is 23.2 Å². The fraction of sp³-hybridized carbons (Fsp3) is 0.371. The molecule has 2 saturated heterocycles. The van der Waals surface area contributed by atoms with Crippen LogP contribution in [0.4, 0.5) is 0 Å². The van der Waals surface area contributed by atoms with Gasteiger partial charge in [-0.25, -0.2) is 9.97 Å². The van der Waals surface area contributed by atoms with Crippen molar-refractivity contribution >= 4 is 35.0 Å². The predicted molar refractivity (Wildman–Crippen MR) is 187 cm³/mol. The second kappa shape index (κ2) is 15.9. The molecular weight excluding hydrogens is 667 g/mol. The van der Waals surface area contributed by atoms with E-state index in [1.54, 1.807) is 26.6 Å². The summed E-state index contributed by atoms with van der Waals surface area (Å²) in [6.07, 6.45) is 7.02. The van der Waals surface area contributed by atoms with E-state index in [-0.39, 0.29) is 23.9 Å². The normalized spacial score (nSPS) is 17.2. The van der Waals surface area contributed by atoms with Gasteiger partial charge in [-0.3, -0.25) is 19.6 Å². The van der Waals surface area contributed by atoms with E-state index in [1.165, 1.54) is 0 Å². The second-order valence-electron chi connectivity index (χ2n) is 12.0. The van der Waals surface area contributed by atoms with Gasteiger partial charge in [0.15, 0.2) is 0 Å². The molecule has 0 saturated carbocycles. The highest BCUT2D eigenvalue weighted by molar-refractivity contribution is 6.39. The van der Waals surface area contributed by atoms with E-state index in [1.807, 2.05) is 36.4 Å². The smallest absolute Gasteiger partial charge is 0.237 e. The number of amides is 2. The molecule has 0 aliphatic carbocycles. The molecule has 49 heavy (non-hydrogen) atoms. The molecular formula is C35H38Cl2N8O4. The minimum atomic E-state index is 0.0807. The van der Waals surface area contributed by atoms with Crippen LogP contribution in [0.5, 0.6) is 11.8 Å². The number of hydrogen-bond acceptors (Lipinski definition) is 10. The molecule has 14 heteroatoms. The van der Waals surface area contributed by atoms with Gasteiger partial charge in [-0.1, -0.05) is 59.6 Å². The topological polar surface area (TPSA) is 152 Å². The lowest BCUT2D eigenvalue weighted by Gasteiger charge is -2.15. The van der Waals surface area contributed by atoms with Crippen LogP contribution < -0.4 is 30.7 Å². The van der Waals surface area contributed by atoms with E-state index < -0.39 is 0 Å². The number of nitrogens with zero attached hydrogens (tertiary/aromatic N) is 4. The Hall–Kier alpha value is -4.36. The van der Waals surface area contributed by atoms with Crippen molar-refractivity contribution in [2.24, 2.45) is 0 Å². The molecule has 6 rings (SSSR count). The molecule has 0 radical (unpaired) electrons. The van der Waals surface area contributed by atoms with Gasteiger partial charge in [-0.05, 0) is 25.8 Å². The number of benzene rings is 2. The average Bonchev–Trinajstić information content (AvgIpc) is 3.74. The molecule has 2 aromatic carbocycles. The third kappa shape index (κ3) is 8.10. The number of halogens is 2. The van der Waals surface area contributed by atoms with E-state index in [2.05, 4.69) is 31.2 Å². The van der Waals surface area contributed by atoms with E-state index >= 15 is 0 Å². The molecule has 2 aliphatic heterocycles. The first-order chi connectivity index (χ1) is 23.8. The Kier molecular flexibility index (Phi) is 11.2. The van der Waals surface area contributed by atoms with Crippen LogP contribution in [0.15, 0.2) is 48.8 Å². The summed E-state index contributed by atoms with van der Waals surface area (Å²) in [6, 6.07) is 11.7. The Bertz CT molecular complexity index is 1840. The Morgan fingerprint density at radius 1 is 0.735 bits per heavy atom. The number of carbonyl (C=O) groups is 2. The van der Waals surface area contributed by atoms with Crippen molar-refractivity contribution in [3.05, 3.63) is 70.2 Å². The van der Waals surface area contributed by atoms with Gasteiger partial charge in [0.25, 0.3) is 0 Å². The highest BCUT2D eigenvalue weighted by Crippen LogP contribution is 2.42. The molecule has 0 spiro atoms. The summed E-state index contributed by atoms with van der Waals surface area (Å²) in [6.45, 7) is 2.27. The van der Waals surface area contributed by atoms with Crippen LogP contribution in [-0.4, -0.2) is 71.1 Å². The van der Waals surface area contributed by atoms with Gasteiger partial charge in [0, 0.05) is 66.8 Å². The van der Waals surface area contributed by atoms with Crippen LogP contribution in [0.3, 0.4) is 0 Å². The first-order valence-corrected chi connectivity index (χ1v) is 17.0. The third-order valence-electron chi connectivity index (χ3n) is 8.66. The molecule has 2 fully saturated rings. The molecule has 0 bridgehead atoms. The van der Waals surface area contributed by atoms with Gasteiger partial charge in [-0.15, -0.1) is 0 Å². The number of carbonyl (C=O) groups excluding carboxylic acids is 2. The Balaban J connectivity index is 1.18. The number of rotatable bonds is 14. The fourth-order valence-corrected chi connectivity index (χ4v) is 6.72. The van der Waals surface area contributed by atoms with E-state index in [4.69, 9.17) is 42.6 Å². The summed E-state index contributed by atoms with van der Waals surface area (Å²) in [4.78, 5) is 41.6. The SMILES string of the molecule is COc1nc(-c2cccc(-c3cccc(-c4cnc(CNCC5CCC(=O)N5)c(OC)n4)c3Cl)c2Cl)cnc1CNCCC1CCC(=O)N1. The highest BCUT2D eigenvalue weighted by atomic mass is 35.5. The van der Waals surface area contributed by atoms with Crippen molar-refractivity contribution in [3.8, 4) is 45.4 Å². The molecule has 2 atom stereocenters. The number of hydrogen-bond donors (Lipinski definition) is 4. The zero-order chi connectivity index (χ0) is 34.3. The Morgan fingerprint density at radius 3 is 1.71 bits per heavy atom. The van der Waals surface area contributed by atoms with Gasteiger partial charge >= 0.3 is 0 Å². The third-order valence-corrected chi connectivity index (χ3v) is 9.48. The molecule has 4 heterocycles. The van der Waals surface area contributed by atoms with Gasteiger partial charge in [0.1, 0.15) is 11.4 Å². The van der Waals surface area contributed by atoms with Crippen molar-refractivity contribution < 1.29 is 19.1 Å². The van der Waals surface area contributed by atoms with Crippen LogP contribution in [0, 0.1) is 0 Å². The molecule has 2 amide bonds. The molecule has 12 nitrogen and oxygen atoms in total. The van der Waals surface area contributed by atoms with Crippen LogP contribution in [-0.2, 0) is 22.7 Å². The van der Waals surface area contributed by atoms with Crippen LogP contribution in [0.2, 0.25) is 10.0 Å². The minimum absolute atomic E-state index is 0.0807. The summed E-state index contributed by atoms with van der Waals surface area (Å²) < 4.78 is 11.2. The predicted octanol–water partition coefficient (Wildman–Crippen LogP) is 4.72. The summed E-state index contributed by atoms with van der Waals surface area (Å²) >= 11 is 14.1. The maximum Gasteiger partial charge on any atom is 0.237 e. The molecule has 2 aromatic heterocycles. The molecule has 4 aromatic rings. The lowest BCUT2D eigenvalue weighted by Crippen LogP contribution is -2.35. The van der Waals surface area contributed by atoms with Crippen molar-refractivity contribution in [3.63, 3.8) is 0 Å². The molecule has 2 unspecified atom stereocenters. The quantitative estimate of drug-likeness (QED) is 0.136. The monoisotopic (exact) mass is 704 g/mol. The summed E-state index contributed by atoms with van der Waals surface area (Å²) in [5.41, 5.74) is 5.22. The second-order valence-corrected chi connectivity index (χ2v) is 12.7.